The summed E-state index contributed by atoms with van der Waals surface area (Å²) in [5, 5.41) is 25.0. The Balaban J connectivity index is 1.54. The van der Waals surface area contributed by atoms with E-state index in [0.717, 1.165) is 46.8 Å². The van der Waals surface area contributed by atoms with Crippen LogP contribution >= 0.6 is 0 Å². The van der Waals surface area contributed by atoms with Crippen LogP contribution in [0.3, 0.4) is 0 Å². The third-order valence-corrected chi connectivity index (χ3v) is 4.99. The molecule has 2 aromatic carbocycles. The van der Waals surface area contributed by atoms with Crippen LogP contribution in [0.2, 0.25) is 0 Å². The number of hydrogen-bond acceptors (Lipinski definition) is 5. The van der Waals surface area contributed by atoms with E-state index in [4.69, 9.17) is 5.26 Å². The summed E-state index contributed by atoms with van der Waals surface area (Å²) in [7, 11) is 0. The fourth-order valence-electron chi connectivity index (χ4n) is 3.53. The van der Waals surface area contributed by atoms with E-state index in [2.05, 4.69) is 42.4 Å². The molecule has 0 bridgehead atoms. The number of fused-ring (bicyclic) bond motifs is 1. The maximum atomic E-state index is 8.98. The van der Waals surface area contributed by atoms with Gasteiger partial charge in [0.15, 0.2) is 5.82 Å². The summed E-state index contributed by atoms with van der Waals surface area (Å²) in [5.74, 6) is 1.52. The highest BCUT2D eigenvalue weighted by Gasteiger charge is 2.17. The molecule has 3 heterocycles. The van der Waals surface area contributed by atoms with Gasteiger partial charge in [0.2, 0.25) is 5.95 Å². The van der Waals surface area contributed by atoms with Crippen LogP contribution in [0.1, 0.15) is 18.4 Å². The Hall–Kier alpha value is -3.66. The van der Waals surface area contributed by atoms with Gasteiger partial charge in [-0.1, -0.05) is 12.1 Å². The van der Waals surface area contributed by atoms with Crippen LogP contribution in [0.25, 0.3) is 33.5 Å². The van der Waals surface area contributed by atoms with Crippen LogP contribution in [-0.4, -0.2) is 38.5 Å². The first kappa shape index (κ1) is 15.6. The largest absolute Gasteiger partial charge is 0.341 e. The lowest BCUT2D eigenvalue weighted by Gasteiger charge is -2.11. The van der Waals surface area contributed by atoms with Gasteiger partial charge in [0.25, 0.3) is 0 Å². The van der Waals surface area contributed by atoms with E-state index < -0.39 is 0 Å². The molecular formula is C20H17N7. The Bertz CT molecular complexity index is 1140. The lowest BCUT2D eigenvalue weighted by Crippen LogP contribution is -2.18. The number of nitriles is 1. The summed E-state index contributed by atoms with van der Waals surface area (Å²) in [6, 6.07) is 15.6. The van der Waals surface area contributed by atoms with E-state index >= 15 is 0 Å². The fourth-order valence-corrected chi connectivity index (χ4v) is 3.53. The summed E-state index contributed by atoms with van der Waals surface area (Å²) < 4.78 is 0. The Kier molecular flexibility index (Phi) is 3.61. The van der Waals surface area contributed by atoms with Crippen LogP contribution in [0.5, 0.6) is 0 Å². The van der Waals surface area contributed by atoms with Crippen LogP contribution in [0.15, 0.2) is 42.5 Å². The van der Waals surface area contributed by atoms with Gasteiger partial charge in [-0.3, -0.25) is 5.10 Å². The number of anilines is 1. The molecule has 27 heavy (non-hydrogen) atoms. The van der Waals surface area contributed by atoms with Gasteiger partial charge >= 0.3 is 0 Å². The van der Waals surface area contributed by atoms with Crippen molar-refractivity contribution in [3.63, 3.8) is 0 Å². The molecule has 1 aliphatic heterocycles. The second-order valence-electron chi connectivity index (χ2n) is 6.70. The van der Waals surface area contributed by atoms with Gasteiger partial charge in [0, 0.05) is 29.6 Å². The van der Waals surface area contributed by atoms with Crippen LogP contribution in [0, 0.1) is 11.3 Å². The molecule has 5 rings (SSSR count). The van der Waals surface area contributed by atoms with Crippen LogP contribution in [0.4, 0.5) is 5.95 Å². The molecule has 0 unspecified atom stereocenters. The summed E-state index contributed by atoms with van der Waals surface area (Å²) in [6.45, 7) is 2.05. The molecule has 0 atom stereocenters. The minimum atomic E-state index is 0.634. The van der Waals surface area contributed by atoms with Crippen molar-refractivity contribution in [1.29, 1.82) is 5.26 Å². The number of nitrogens with one attached hydrogen (secondary N) is 2. The summed E-state index contributed by atoms with van der Waals surface area (Å²) in [6.07, 6.45) is 2.40. The minimum absolute atomic E-state index is 0.634. The number of hydrogen-bond donors (Lipinski definition) is 2. The van der Waals surface area contributed by atoms with Crippen LogP contribution < -0.4 is 4.90 Å². The van der Waals surface area contributed by atoms with Crippen molar-refractivity contribution in [3.05, 3.63) is 48.0 Å². The molecule has 4 aromatic rings. The van der Waals surface area contributed by atoms with Gasteiger partial charge in [-0.25, -0.2) is 5.10 Å². The quantitative estimate of drug-likeness (QED) is 0.586. The van der Waals surface area contributed by atoms with Crippen molar-refractivity contribution >= 4 is 16.9 Å². The number of aromatic nitrogens is 5. The summed E-state index contributed by atoms with van der Waals surface area (Å²) in [5.41, 5.74) is 4.35. The number of aromatic amines is 2. The van der Waals surface area contributed by atoms with Crippen LogP contribution in [-0.2, 0) is 0 Å². The smallest absolute Gasteiger partial charge is 0.221 e. The average molecular weight is 355 g/mol. The van der Waals surface area contributed by atoms with Crippen molar-refractivity contribution < 1.29 is 0 Å². The van der Waals surface area contributed by atoms with Crippen molar-refractivity contribution in [2.45, 2.75) is 12.8 Å². The fraction of sp³-hybridized carbons (Fsp3) is 0.200. The lowest BCUT2D eigenvalue weighted by molar-refractivity contribution is 0.903. The zero-order chi connectivity index (χ0) is 18.2. The maximum absolute atomic E-state index is 8.98. The molecule has 0 amide bonds. The normalized spacial score (nSPS) is 14.0. The first-order chi connectivity index (χ1) is 13.3. The van der Waals surface area contributed by atoms with Crippen molar-refractivity contribution in [3.8, 4) is 28.7 Å². The Morgan fingerprint density at radius 3 is 2.48 bits per heavy atom. The van der Waals surface area contributed by atoms with Crippen molar-refractivity contribution in [1.82, 2.24) is 25.4 Å². The van der Waals surface area contributed by atoms with E-state index in [9.17, 15) is 0 Å². The molecule has 0 saturated carbocycles. The first-order valence-corrected chi connectivity index (χ1v) is 8.98. The predicted octanol–water partition coefficient (Wildman–Crippen LogP) is 3.49. The molecule has 0 spiro atoms. The monoisotopic (exact) mass is 355 g/mol. The predicted molar refractivity (Wildman–Crippen MR) is 103 cm³/mol. The van der Waals surface area contributed by atoms with Crippen molar-refractivity contribution in [2.24, 2.45) is 0 Å². The Labute approximate surface area is 155 Å². The number of benzene rings is 2. The Morgan fingerprint density at radius 2 is 1.70 bits per heavy atom. The molecular weight excluding hydrogens is 338 g/mol. The molecule has 1 saturated heterocycles. The van der Waals surface area contributed by atoms with E-state index in [1.807, 2.05) is 24.3 Å². The maximum Gasteiger partial charge on any atom is 0.221 e. The van der Waals surface area contributed by atoms with E-state index in [1.54, 1.807) is 12.1 Å². The zero-order valence-corrected chi connectivity index (χ0v) is 14.6. The Morgan fingerprint density at radius 1 is 0.926 bits per heavy atom. The summed E-state index contributed by atoms with van der Waals surface area (Å²) in [4.78, 5) is 6.90. The molecule has 132 valence electrons. The van der Waals surface area contributed by atoms with Gasteiger partial charge < -0.3 is 4.90 Å². The van der Waals surface area contributed by atoms with E-state index in [0.29, 0.717) is 11.4 Å². The molecule has 1 aliphatic rings. The topological polar surface area (TPSA) is 97.3 Å². The van der Waals surface area contributed by atoms with Gasteiger partial charge in [-0.05, 0) is 43.2 Å². The molecule has 0 aliphatic carbocycles. The third-order valence-electron chi connectivity index (χ3n) is 4.99. The standard InChI is InChI=1S/C20H17N7/c21-12-13-3-5-14(6-4-13)18-16-11-15(7-8-17(16)23-24-18)19-22-20(26-25-19)27-9-1-2-10-27/h3-8,11H,1-2,9-10H2,(H,23,24)(H,22,25,26). The highest BCUT2D eigenvalue weighted by atomic mass is 15.4. The number of H-pyrrole nitrogens is 2. The second kappa shape index (κ2) is 6.25. The summed E-state index contributed by atoms with van der Waals surface area (Å²) >= 11 is 0. The van der Waals surface area contributed by atoms with Gasteiger partial charge in [0.05, 0.1) is 22.8 Å². The highest BCUT2D eigenvalue weighted by molar-refractivity contribution is 5.95. The molecule has 7 heteroatoms. The second-order valence-corrected chi connectivity index (χ2v) is 6.70. The number of nitrogens with zero attached hydrogens (tertiary/aromatic N) is 5. The molecule has 2 aromatic heterocycles. The van der Waals surface area contributed by atoms with E-state index in [-0.39, 0.29) is 0 Å². The lowest BCUT2D eigenvalue weighted by atomic mass is 10.0. The number of rotatable bonds is 3. The molecule has 7 nitrogen and oxygen atoms in total. The SMILES string of the molecule is N#Cc1ccc(-c2n[nH]c3ccc(-c4n[nH]c(N5CCCC5)n4)cc23)cc1. The third kappa shape index (κ3) is 2.72. The highest BCUT2D eigenvalue weighted by Crippen LogP contribution is 2.30. The molecule has 2 N–H and O–H groups in total. The van der Waals surface area contributed by atoms with Gasteiger partial charge in [-0.2, -0.15) is 20.4 Å². The molecule has 1 fully saturated rings. The first-order valence-electron chi connectivity index (χ1n) is 8.98. The average Bonchev–Trinajstić information content (AvgIpc) is 3.47. The van der Waals surface area contributed by atoms with Gasteiger partial charge in [0.1, 0.15) is 0 Å². The van der Waals surface area contributed by atoms with E-state index in [1.165, 1.54) is 12.8 Å². The minimum Gasteiger partial charge on any atom is -0.341 e. The molecule has 0 radical (unpaired) electrons. The van der Waals surface area contributed by atoms with Gasteiger partial charge in [-0.15, -0.1) is 0 Å². The van der Waals surface area contributed by atoms with Crippen molar-refractivity contribution in [2.75, 3.05) is 18.0 Å². The zero-order valence-electron chi connectivity index (χ0n) is 14.6.